The van der Waals surface area contributed by atoms with Crippen molar-refractivity contribution < 1.29 is 9.53 Å². The summed E-state index contributed by atoms with van der Waals surface area (Å²) in [5.74, 6) is -0.00981. The molecule has 0 saturated heterocycles. The molecule has 0 saturated carbocycles. The summed E-state index contributed by atoms with van der Waals surface area (Å²) in [5, 5.41) is 0. The first kappa shape index (κ1) is 17.9. The van der Waals surface area contributed by atoms with Crippen LogP contribution in [-0.4, -0.2) is 27.6 Å². The maximum absolute atomic E-state index is 12.9. The number of aromatic nitrogens is 3. The summed E-state index contributed by atoms with van der Waals surface area (Å²) in [7, 11) is 1.54. The Labute approximate surface area is 163 Å². The molecule has 0 atom stereocenters. The normalized spacial score (nSPS) is 10.9. The molecule has 0 fully saturated rings. The van der Waals surface area contributed by atoms with Crippen LogP contribution in [0.15, 0.2) is 73.1 Å². The van der Waals surface area contributed by atoms with Crippen molar-refractivity contribution in [2.24, 2.45) is 0 Å². The summed E-state index contributed by atoms with van der Waals surface area (Å²) in [6, 6.07) is 20.3. The van der Waals surface area contributed by atoms with Crippen molar-refractivity contribution in [3.8, 4) is 17.1 Å². The predicted octanol–water partition coefficient (Wildman–Crippen LogP) is 4.77. The van der Waals surface area contributed by atoms with E-state index < -0.39 is 0 Å². The van der Waals surface area contributed by atoms with Crippen LogP contribution in [0.2, 0.25) is 0 Å². The first-order valence-corrected chi connectivity index (χ1v) is 9.30. The molecule has 0 aliphatic heterocycles. The van der Waals surface area contributed by atoms with Gasteiger partial charge in [0.2, 0.25) is 5.91 Å². The van der Waals surface area contributed by atoms with Crippen molar-refractivity contribution in [3.05, 3.63) is 78.6 Å². The van der Waals surface area contributed by atoms with Crippen LogP contribution in [0, 0.1) is 0 Å². The fourth-order valence-corrected chi connectivity index (χ4v) is 3.35. The smallest absolute Gasteiger partial charge is 0.304 e. The summed E-state index contributed by atoms with van der Waals surface area (Å²) in [6.07, 6.45) is 5.63. The molecule has 5 heteroatoms. The number of benzene rings is 2. The molecule has 28 heavy (non-hydrogen) atoms. The molecule has 0 spiro atoms. The fraction of sp³-hybridized carbons (Fsp3) is 0.174. The summed E-state index contributed by atoms with van der Waals surface area (Å²) in [6.45, 7) is 0. The van der Waals surface area contributed by atoms with Gasteiger partial charge in [0.15, 0.2) is 0 Å². The number of rotatable bonds is 6. The van der Waals surface area contributed by atoms with E-state index in [2.05, 4.69) is 22.1 Å². The predicted molar refractivity (Wildman–Crippen MR) is 110 cm³/mol. The average Bonchev–Trinajstić information content (AvgIpc) is 3.13. The van der Waals surface area contributed by atoms with Gasteiger partial charge >= 0.3 is 6.01 Å². The lowest BCUT2D eigenvalue weighted by atomic mass is 10.1. The van der Waals surface area contributed by atoms with Crippen molar-refractivity contribution in [2.45, 2.75) is 19.3 Å². The second-order valence-corrected chi connectivity index (χ2v) is 6.61. The average molecular weight is 371 g/mol. The number of methoxy groups -OCH3 is 1. The summed E-state index contributed by atoms with van der Waals surface area (Å²) < 4.78 is 6.96. The van der Waals surface area contributed by atoms with Gasteiger partial charge in [0.05, 0.1) is 18.1 Å². The number of hydrogen-bond acceptors (Lipinski definition) is 4. The highest BCUT2D eigenvalue weighted by Crippen LogP contribution is 2.27. The van der Waals surface area contributed by atoms with E-state index in [9.17, 15) is 4.79 Å². The Bertz CT molecular complexity index is 1090. The standard InChI is InChI=1S/C23H21N3O2/c1-28-23-25-20-15-18(19-10-6-14-24-16-19)12-13-21(20)26(23)22(27)11-5-9-17-7-3-2-4-8-17/h2-4,6-8,10,12-16H,5,9,11H2,1H3. The van der Waals surface area contributed by atoms with E-state index >= 15 is 0 Å². The molecular weight excluding hydrogens is 350 g/mol. The fourth-order valence-electron chi connectivity index (χ4n) is 3.35. The SMILES string of the molecule is COc1nc2cc(-c3cccnc3)ccc2n1C(=O)CCCc1ccccc1. The first-order chi connectivity index (χ1) is 13.8. The third-order valence-electron chi connectivity index (χ3n) is 4.75. The van der Waals surface area contributed by atoms with Crippen molar-refractivity contribution in [1.82, 2.24) is 14.5 Å². The van der Waals surface area contributed by atoms with E-state index in [0.717, 1.165) is 35.0 Å². The van der Waals surface area contributed by atoms with E-state index in [4.69, 9.17) is 4.74 Å². The minimum atomic E-state index is -0.00981. The highest BCUT2D eigenvalue weighted by molar-refractivity contribution is 5.93. The van der Waals surface area contributed by atoms with Crippen LogP contribution in [-0.2, 0) is 6.42 Å². The van der Waals surface area contributed by atoms with Gasteiger partial charge in [-0.25, -0.2) is 4.57 Å². The molecule has 0 unspecified atom stereocenters. The van der Waals surface area contributed by atoms with Gasteiger partial charge in [-0.2, -0.15) is 4.98 Å². The van der Waals surface area contributed by atoms with Crippen LogP contribution < -0.4 is 4.74 Å². The molecule has 4 rings (SSSR count). The summed E-state index contributed by atoms with van der Waals surface area (Å²) in [5.41, 5.74) is 4.74. The molecule has 140 valence electrons. The third-order valence-corrected chi connectivity index (χ3v) is 4.75. The van der Waals surface area contributed by atoms with Crippen LogP contribution in [0.4, 0.5) is 0 Å². The lowest BCUT2D eigenvalue weighted by Gasteiger charge is -2.07. The Morgan fingerprint density at radius 2 is 1.89 bits per heavy atom. The number of fused-ring (bicyclic) bond motifs is 1. The number of nitrogens with zero attached hydrogens (tertiary/aromatic N) is 3. The Morgan fingerprint density at radius 1 is 1.04 bits per heavy atom. The molecule has 5 nitrogen and oxygen atoms in total. The van der Waals surface area contributed by atoms with E-state index in [1.54, 1.807) is 10.8 Å². The summed E-state index contributed by atoms with van der Waals surface area (Å²) >= 11 is 0. The van der Waals surface area contributed by atoms with Crippen molar-refractivity contribution >= 4 is 16.9 Å². The quantitative estimate of drug-likeness (QED) is 0.490. The van der Waals surface area contributed by atoms with Crippen LogP contribution in [0.5, 0.6) is 6.01 Å². The molecular formula is C23H21N3O2. The maximum atomic E-state index is 12.9. The Kier molecular flexibility index (Phi) is 5.15. The number of hydrogen-bond donors (Lipinski definition) is 0. The van der Waals surface area contributed by atoms with E-state index in [0.29, 0.717) is 12.4 Å². The highest BCUT2D eigenvalue weighted by atomic mass is 16.5. The second-order valence-electron chi connectivity index (χ2n) is 6.61. The third kappa shape index (κ3) is 3.64. The zero-order chi connectivity index (χ0) is 19.3. The van der Waals surface area contributed by atoms with E-state index in [1.165, 1.54) is 12.7 Å². The Hall–Kier alpha value is -3.47. The zero-order valence-electron chi connectivity index (χ0n) is 15.7. The minimum absolute atomic E-state index is 0.00981. The van der Waals surface area contributed by atoms with Crippen molar-refractivity contribution in [1.29, 1.82) is 0 Å². The molecule has 0 radical (unpaired) electrons. The second kappa shape index (κ2) is 8.05. The Morgan fingerprint density at radius 3 is 2.64 bits per heavy atom. The topological polar surface area (TPSA) is 57.0 Å². The lowest BCUT2D eigenvalue weighted by molar-refractivity contribution is 0.0894. The van der Waals surface area contributed by atoms with Gasteiger partial charge in [-0.1, -0.05) is 42.5 Å². The van der Waals surface area contributed by atoms with Crippen LogP contribution in [0.1, 0.15) is 23.2 Å². The van der Waals surface area contributed by atoms with Gasteiger partial charge in [0, 0.05) is 24.4 Å². The first-order valence-electron chi connectivity index (χ1n) is 9.30. The number of ether oxygens (including phenoxy) is 1. The number of carbonyl (C=O) groups excluding carboxylic acids is 1. The van der Waals surface area contributed by atoms with E-state index in [-0.39, 0.29) is 5.91 Å². The zero-order valence-corrected chi connectivity index (χ0v) is 15.7. The van der Waals surface area contributed by atoms with Gasteiger partial charge in [0.1, 0.15) is 0 Å². The largest absolute Gasteiger partial charge is 0.468 e. The summed E-state index contributed by atoms with van der Waals surface area (Å²) in [4.78, 5) is 21.5. The monoisotopic (exact) mass is 371 g/mol. The lowest BCUT2D eigenvalue weighted by Crippen LogP contribution is -2.12. The van der Waals surface area contributed by atoms with Crippen molar-refractivity contribution in [2.75, 3.05) is 7.11 Å². The number of carbonyl (C=O) groups is 1. The molecule has 4 aromatic rings. The minimum Gasteiger partial charge on any atom is -0.468 e. The van der Waals surface area contributed by atoms with Crippen LogP contribution >= 0.6 is 0 Å². The van der Waals surface area contributed by atoms with Gasteiger partial charge < -0.3 is 4.74 Å². The molecule has 0 aliphatic rings. The van der Waals surface area contributed by atoms with Gasteiger partial charge in [-0.05, 0) is 42.2 Å². The molecule has 2 aromatic heterocycles. The molecule has 2 heterocycles. The van der Waals surface area contributed by atoms with Crippen LogP contribution in [0.3, 0.4) is 0 Å². The highest BCUT2D eigenvalue weighted by Gasteiger charge is 2.18. The van der Waals surface area contributed by atoms with Gasteiger partial charge in [-0.15, -0.1) is 0 Å². The molecule has 0 amide bonds. The molecule has 0 bridgehead atoms. The van der Waals surface area contributed by atoms with Crippen molar-refractivity contribution in [3.63, 3.8) is 0 Å². The molecule has 0 aliphatic carbocycles. The maximum Gasteiger partial charge on any atom is 0.304 e. The van der Waals surface area contributed by atoms with Gasteiger partial charge in [0.25, 0.3) is 0 Å². The molecule has 2 aromatic carbocycles. The number of pyridine rings is 1. The van der Waals surface area contributed by atoms with E-state index in [1.807, 2.05) is 54.7 Å². The Balaban J connectivity index is 1.58. The van der Waals surface area contributed by atoms with Gasteiger partial charge in [-0.3, -0.25) is 9.78 Å². The van der Waals surface area contributed by atoms with Crippen LogP contribution in [0.25, 0.3) is 22.2 Å². The molecule has 0 N–H and O–H groups in total. The number of imidazole rings is 1. The number of aryl methyl sites for hydroxylation is 1.